The SMILES string of the molecule is CCC(C)Nc1nc(C)c(CC(=O)O)s1. The molecule has 1 atom stereocenters. The van der Waals surface area contributed by atoms with Crippen LogP contribution in [0, 0.1) is 6.92 Å². The number of carboxylic acid groups (broad SMARTS) is 1. The largest absolute Gasteiger partial charge is 0.481 e. The van der Waals surface area contributed by atoms with Gasteiger partial charge in [-0.2, -0.15) is 0 Å². The van der Waals surface area contributed by atoms with Gasteiger partial charge in [-0.3, -0.25) is 4.79 Å². The molecule has 0 fully saturated rings. The summed E-state index contributed by atoms with van der Waals surface area (Å²) < 4.78 is 0. The van der Waals surface area contributed by atoms with Gasteiger partial charge in [0.15, 0.2) is 5.13 Å². The van der Waals surface area contributed by atoms with Gasteiger partial charge in [0.05, 0.1) is 12.1 Å². The second-order valence-electron chi connectivity index (χ2n) is 3.55. The number of hydrogen-bond acceptors (Lipinski definition) is 4. The van der Waals surface area contributed by atoms with Crippen LogP contribution >= 0.6 is 11.3 Å². The molecule has 0 saturated heterocycles. The normalized spacial score (nSPS) is 12.5. The summed E-state index contributed by atoms with van der Waals surface area (Å²) in [5.74, 6) is -0.808. The monoisotopic (exact) mass is 228 g/mol. The molecule has 1 heterocycles. The Kier molecular flexibility index (Phi) is 4.08. The standard InChI is InChI=1S/C10H16N2O2S/c1-4-6(2)11-10-12-7(3)8(15-10)5-9(13)14/h6H,4-5H2,1-3H3,(H,11,12)(H,13,14). The molecule has 0 aliphatic heterocycles. The van der Waals surface area contributed by atoms with Crippen LogP contribution in [0.2, 0.25) is 0 Å². The molecule has 15 heavy (non-hydrogen) atoms. The first kappa shape index (κ1) is 12.0. The van der Waals surface area contributed by atoms with Gasteiger partial charge in [0.2, 0.25) is 0 Å². The Labute approximate surface area is 93.4 Å². The van der Waals surface area contributed by atoms with Gasteiger partial charge < -0.3 is 10.4 Å². The van der Waals surface area contributed by atoms with Crippen molar-refractivity contribution in [3.8, 4) is 0 Å². The molecule has 0 radical (unpaired) electrons. The quantitative estimate of drug-likeness (QED) is 0.811. The van der Waals surface area contributed by atoms with Crippen LogP contribution in [-0.4, -0.2) is 22.1 Å². The van der Waals surface area contributed by atoms with Crippen LogP contribution < -0.4 is 5.32 Å². The molecule has 1 unspecified atom stereocenters. The summed E-state index contributed by atoms with van der Waals surface area (Å²) in [5.41, 5.74) is 0.813. The van der Waals surface area contributed by atoms with E-state index in [0.29, 0.717) is 6.04 Å². The third-order valence-corrected chi connectivity index (χ3v) is 3.28. The lowest BCUT2D eigenvalue weighted by atomic mass is 10.3. The molecular formula is C10H16N2O2S. The highest BCUT2D eigenvalue weighted by molar-refractivity contribution is 7.15. The van der Waals surface area contributed by atoms with E-state index in [9.17, 15) is 4.79 Å². The maximum atomic E-state index is 10.6. The van der Waals surface area contributed by atoms with Gasteiger partial charge in [-0.1, -0.05) is 6.92 Å². The second kappa shape index (κ2) is 5.11. The van der Waals surface area contributed by atoms with Gasteiger partial charge in [0, 0.05) is 10.9 Å². The Morgan fingerprint density at radius 3 is 2.87 bits per heavy atom. The Morgan fingerprint density at radius 1 is 1.67 bits per heavy atom. The van der Waals surface area contributed by atoms with Crippen molar-refractivity contribution in [3.63, 3.8) is 0 Å². The lowest BCUT2D eigenvalue weighted by molar-refractivity contribution is -0.136. The predicted molar refractivity (Wildman–Crippen MR) is 61.6 cm³/mol. The number of carbonyl (C=O) groups is 1. The van der Waals surface area contributed by atoms with Crippen LogP contribution in [-0.2, 0) is 11.2 Å². The van der Waals surface area contributed by atoms with Gasteiger partial charge in [-0.05, 0) is 20.3 Å². The van der Waals surface area contributed by atoms with E-state index in [4.69, 9.17) is 5.11 Å². The van der Waals surface area contributed by atoms with Gasteiger partial charge in [0.25, 0.3) is 0 Å². The van der Waals surface area contributed by atoms with Gasteiger partial charge >= 0.3 is 5.97 Å². The first-order valence-corrected chi connectivity index (χ1v) is 5.79. The fourth-order valence-corrected chi connectivity index (χ4v) is 2.17. The maximum Gasteiger partial charge on any atom is 0.308 e. The van der Waals surface area contributed by atoms with Gasteiger partial charge in [-0.15, -0.1) is 11.3 Å². The second-order valence-corrected chi connectivity index (χ2v) is 4.64. The lowest BCUT2D eigenvalue weighted by Gasteiger charge is -2.08. The molecule has 1 rings (SSSR count). The summed E-state index contributed by atoms with van der Waals surface area (Å²) >= 11 is 1.43. The van der Waals surface area contributed by atoms with Crippen LogP contribution in [0.4, 0.5) is 5.13 Å². The van der Waals surface area contributed by atoms with Crippen molar-refractivity contribution in [1.82, 2.24) is 4.98 Å². The number of nitrogens with one attached hydrogen (secondary N) is 1. The Bertz CT molecular complexity index is 349. The van der Waals surface area contributed by atoms with E-state index in [1.54, 1.807) is 0 Å². The summed E-state index contributed by atoms with van der Waals surface area (Å²) in [4.78, 5) is 15.7. The van der Waals surface area contributed by atoms with Crippen molar-refractivity contribution in [2.24, 2.45) is 0 Å². The molecule has 0 aromatic carbocycles. The van der Waals surface area contributed by atoms with E-state index in [1.807, 2.05) is 6.92 Å². The average molecular weight is 228 g/mol. The number of aromatic nitrogens is 1. The number of aryl methyl sites for hydroxylation is 1. The molecule has 0 saturated carbocycles. The van der Waals surface area contributed by atoms with E-state index < -0.39 is 5.97 Å². The van der Waals surface area contributed by atoms with Crippen molar-refractivity contribution in [3.05, 3.63) is 10.6 Å². The molecule has 1 aromatic rings. The minimum atomic E-state index is -0.808. The van der Waals surface area contributed by atoms with Crippen LogP contribution in [0.3, 0.4) is 0 Å². The summed E-state index contributed by atoms with van der Waals surface area (Å²) in [6.45, 7) is 6.01. The fourth-order valence-electron chi connectivity index (χ4n) is 1.10. The van der Waals surface area contributed by atoms with E-state index in [1.165, 1.54) is 11.3 Å². The van der Waals surface area contributed by atoms with Crippen molar-refractivity contribution in [1.29, 1.82) is 0 Å². The highest BCUT2D eigenvalue weighted by atomic mass is 32.1. The van der Waals surface area contributed by atoms with E-state index in [-0.39, 0.29) is 6.42 Å². The number of anilines is 1. The Balaban J connectivity index is 2.72. The third-order valence-electron chi connectivity index (χ3n) is 2.19. The molecule has 0 bridgehead atoms. The van der Waals surface area contributed by atoms with E-state index in [0.717, 1.165) is 22.1 Å². The van der Waals surface area contributed by atoms with Gasteiger partial charge in [0.1, 0.15) is 0 Å². The number of aliphatic carboxylic acids is 1. The van der Waals surface area contributed by atoms with Crippen LogP contribution in [0.1, 0.15) is 30.8 Å². The summed E-state index contributed by atoms with van der Waals surface area (Å²) in [6, 6.07) is 0.369. The van der Waals surface area contributed by atoms with Crippen molar-refractivity contribution in [2.45, 2.75) is 39.7 Å². The van der Waals surface area contributed by atoms with E-state index >= 15 is 0 Å². The highest BCUT2D eigenvalue weighted by Gasteiger charge is 2.11. The highest BCUT2D eigenvalue weighted by Crippen LogP contribution is 2.23. The van der Waals surface area contributed by atoms with Crippen LogP contribution in [0.25, 0.3) is 0 Å². The minimum absolute atomic E-state index is 0.0612. The fraction of sp³-hybridized carbons (Fsp3) is 0.600. The van der Waals surface area contributed by atoms with Gasteiger partial charge in [-0.25, -0.2) is 4.98 Å². The average Bonchev–Trinajstić information content (AvgIpc) is 2.45. The molecule has 1 aromatic heterocycles. The minimum Gasteiger partial charge on any atom is -0.481 e. The van der Waals surface area contributed by atoms with Crippen molar-refractivity contribution in [2.75, 3.05) is 5.32 Å². The molecule has 0 amide bonds. The van der Waals surface area contributed by atoms with Crippen LogP contribution in [0.15, 0.2) is 0 Å². The zero-order chi connectivity index (χ0) is 11.4. The molecule has 4 nitrogen and oxygen atoms in total. The topological polar surface area (TPSA) is 62.2 Å². The Morgan fingerprint density at radius 2 is 2.33 bits per heavy atom. The van der Waals surface area contributed by atoms with Crippen molar-refractivity contribution >= 4 is 22.4 Å². The lowest BCUT2D eigenvalue weighted by Crippen LogP contribution is -2.12. The molecule has 0 aliphatic carbocycles. The maximum absolute atomic E-state index is 10.6. The summed E-state index contributed by atoms with van der Waals surface area (Å²) in [5, 5.41) is 12.7. The predicted octanol–water partition coefficient (Wildman–Crippen LogP) is 2.29. The molecular weight excluding hydrogens is 212 g/mol. The summed E-state index contributed by atoms with van der Waals surface area (Å²) in [7, 11) is 0. The molecule has 0 spiro atoms. The smallest absolute Gasteiger partial charge is 0.308 e. The third kappa shape index (κ3) is 3.51. The van der Waals surface area contributed by atoms with Crippen molar-refractivity contribution < 1.29 is 9.90 Å². The zero-order valence-corrected chi connectivity index (χ0v) is 10.0. The number of nitrogens with zero attached hydrogens (tertiary/aromatic N) is 1. The first-order valence-electron chi connectivity index (χ1n) is 4.97. The molecule has 0 aliphatic rings. The molecule has 84 valence electrons. The Hall–Kier alpha value is -1.10. The number of hydrogen-bond donors (Lipinski definition) is 2. The number of rotatable bonds is 5. The first-order chi connectivity index (χ1) is 7.02. The molecule has 5 heteroatoms. The zero-order valence-electron chi connectivity index (χ0n) is 9.20. The van der Waals surface area contributed by atoms with E-state index in [2.05, 4.69) is 24.1 Å². The number of thiazole rings is 1. The van der Waals surface area contributed by atoms with Crippen LogP contribution in [0.5, 0.6) is 0 Å². The number of carboxylic acids is 1. The summed E-state index contributed by atoms with van der Waals surface area (Å²) in [6.07, 6.45) is 1.08. The molecule has 2 N–H and O–H groups in total.